The molecule has 0 saturated carbocycles. The molecule has 0 amide bonds. The minimum atomic E-state index is 0.0428. The minimum Gasteiger partial charge on any atom is -0.337 e. The second kappa shape index (κ2) is 7.56. The van der Waals surface area contributed by atoms with Crippen molar-refractivity contribution in [2.45, 2.75) is 52.5 Å². The van der Waals surface area contributed by atoms with Crippen molar-refractivity contribution in [1.82, 2.24) is 9.97 Å². The summed E-state index contributed by atoms with van der Waals surface area (Å²) in [6.45, 7) is 7.55. The van der Waals surface area contributed by atoms with E-state index in [2.05, 4.69) is 55.3 Å². The van der Waals surface area contributed by atoms with Crippen LogP contribution in [-0.2, 0) is 19.3 Å². The molecule has 0 saturated heterocycles. The molecule has 1 aliphatic carbocycles. The van der Waals surface area contributed by atoms with Crippen LogP contribution in [0, 0.1) is 12.8 Å². The van der Waals surface area contributed by atoms with Crippen molar-refractivity contribution >= 4 is 21.6 Å². The monoisotopic (exact) mass is 382 g/mol. The molecule has 0 unspecified atom stereocenters. The van der Waals surface area contributed by atoms with Crippen molar-refractivity contribution in [3.8, 4) is 0 Å². The molecule has 0 aliphatic heterocycles. The average molecular weight is 383 g/mol. The second-order valence-corrected chi connectivity index (χ2v) is 9.06. The highest BCUT2D eigenvalue weighted by Crippen LogP contribution is 2.35. The van der Waals surface area contributed by atoms with Crippen LogP contribution in [-0.4, -0.2) is 16.5 Å². The van der Waals surface area contributed by atoms with Gasteiger partial charge in [0.05, 0.1) is 11.9 Å². The molecule has 1 aliphatic rings. The summed E-state index contributed by atoms with van der Waals surface area (Å²) in [6.07, 6.45) is 4.29. The third-order valence-electron chi connectivity index (χ3n) is 5.81. The first-order valence-corrected chi connectivity index (χ1v) is 10.8. The maximum atomic E-state index is 12.8. The van der Waals surface area contributed by atoms with E-state index in [1.54, 1.807) is 11.3 Å². The molecular formula is C22H28N3OS+. The van der Waals surface area contributed by atoms with Gasteiger partial charge in [0.1, 0.15) is 10.9 Å². The summed E-state index contributed by atoms with van der Waals surface area (Å²) in [4.78, 5) is 23.0. The quantitative estimate of drug-likeness (QED) is 0.711. The number of hydrogen-bond donors (Lipinski definition) is 2. The first kappa shape index (κ1) is 18.4. The zero-order chi connectivity index (χ0) is 19.0. The first-order valence-electron chi connectivity index (χ1n) is 9.95. The number of nitrogens with two attached hydrogens (primary N) is 1. The van der Waals surface area contributed by atoms with E-state index in [0.717, 1.165) is 41.8 Å². The number of H-pyrrole nitrogens is 1. The van der Waals surface area contributed by atoms with Gasteiger partial charge in [-0.15, -0.1) is 11.3 Å². The molecule has 0 spiro atoms. The smallest absolute Gasteiger partial charge is 0.260 e. The van der Waals surface area contributed by atoms with E-state index < -0.39 is 0 Å². The van der Waals surface area contributed by atoms with Gasteiger partial charge < -0.3 is 10.3 Å². The maximum Gasteiger partial charge on any atom is 0.260 e. The molecule has 2 heterocycles. The molecule has 0 bridgehead atoms. The number of aromatic nitrogens is 2. The molecule has 142 valence electrons. The van der Waals surface area contributed by atoms with Gasteiger partial charge in [0.25, 0.3) is 5.56 Å². The Labute approximate surface area is 164 Å². The largest absolute Gasteiger partial charge is 0.337 e. The van der Waals surface area contributed by atoms with Gasteiger partial charge in [0, 0.05) is 11.3 Å². The Balaban J connectivity index is 1.51. The number of nitrogens with zero attached hydrogens (tertiary/aromatic N) is 1. The molecule has 2 aromatic heterocycles. The molecule has 5 heteroatoms. The number of nitrogens with one attached hydrogen (secondary N) is 1. The average Bonchev–Trinajstić information content (AvgIpc) is 3.01. The zero-order valence-electron chi connectivity index (χ0n) is 16.3. The number of thiophene rings is 1. The van der Waals surface area contributed by atoms with Gasteiger partial charge in [0.15, 0.2) is 5.82 Å². The predicted molar refractivity (Wildman–Crippen MR) is 112 cm³/mol. The molecule has 0 fully saturated rings. The number of rotatable bonds is 5. The van der Waals surface area contributed by atoms with E-state index >= 15 is 0 Å². The van der Waals surface area contributed by atoms with Crippen LogP contribution in [0.4, 0.5) is 0 Å². The predicted octanol–water partition coefficient (Wildman–Crippen LogP) is 3.28. The summed E-state index contributed by atoms with van der Waals surface area (Å²) in [6, 6.07) is 8.67. The van der Waals surface area contributed by atoms with Crippen molar-refractivity contribution in [2.24, 2.45) is 5.92 Å². The Morgan fingerprint density at radius 3 is 3.00 bits per heavy atom. The Hall–Kier alpha value is -1.98. The fraction of sp³-hybridized carbons (Fsp3) is 0.455. The van der Waals surface area contributed by atoms with Crippen molar-refractivity contribution in [3.05, 3.63) is 62.0 Å². The highest BCUT2D eigenvalue weighted by molar-refractivity contribution is 7.18. The van der Waals surface area contributed by atoms with E-state index in [1.807, 2.05) is 0 Å². The molecule has 27 heavy (non-hydrogen) atoms. The number of aromatic amines is 1. The van der Waals surface area contributed by atoms with E-state index in [0.29, 0.717) is 5.92 Å². The van der Waals surface area contributed by atoms with Crippen molar-refractivity contribution in [1.29, 1.82) is 0 Å². The summed E-state index contributed by atoms with van der Waals surface area (Å²) in [5, 5.41) is 3.12. The highest BCUT2D eigenvalue weighted by Gasteiger charge is 2.24. The number of aryl methyl sites for hydroxylation is 2. The fourth-order valence-corrected chi connectivity index (χ4v) is 5.46. The molecule has 3 aromatic rings. The van der Waals surface area contributed by atoms with Gasteiger partial charge in [-0.1, -0.05) is 31.2 Å². The van der Waals surface area contributed by atoms with Crippen LogP contribution in [0.5, 0.6) is 0 Å². The molecule has 2 atom stereocenters. The van der Waals surface area contributed by atoms with E-state index in [4.69, 9.17) is 4.98 Å². The second-order valence-electron chi connectivity index (χ2n) is 7.97. The van der Waals surface area contributed by atoms with Crippen LogP contribution in [0.3, 0.4) is 0 Å². The topological polar surface area (TPSA) is 62.4 Å². The van der Waals surface area contributed by atoms with E-state index in [9.17, 15) is 4.79 Å². The van der Waals surface area contributed by atoms with Crippen LogP contribution in [0.2, 0.25) is 0 Å². The Bertz CT molecular complexity index is 1020. The molecule has 1 aromatic carbocycles. The summed E-state index contributed by atoms with van der Waals surface area (Å²) < 4.78 is 0. The zero-order valence-corrected chi connectivity index (χ0v) is 17.2. The van der Waals surface area contributed by atoms with Gasteiger partial charge in [-0.2, -0.15) is 0 Å². The number of benzene rings is 1. The van der Waals surface area contributed by atoms with Gasteiger partial charge >= 0.3 is 0 Å². The number of hydrogen-bond acceptors (Lipinski definition) is 3. The van der Waals surface area contributed by atoms with Crippen LogP contribution in [0.25, 0.3) is 10.2 Å². The molecular weight excluding hydrogens is 354 g/mol. The third kappa shape index (κ3) is 3.71. The third-order valence-corrected chi connectivity index (χ3v) is 6.96. The Morgan fingerprint density at radius 2 is 2.19 bits per heavy atom. The maximum absolute atomic E-state index is 12.8. The SMILES string of the molecule is Cc1ccccc1CC[NH2+][C@@H](C)c1nc2sc3c(c2c(=O)[nH]1)CC[C@H](C)C3. The number of quaternary nitrogens is 1. The van der Waals surface area contributed by atoms with Crippen molar-refractivity contribution in [3.63, 3.8) is 0 Å². The Kier molecular flexibility index (Phi) is 5.15. The van der Waals surface area contributed by atoms with E-state index in [-0.39, 0.29) is 11.6 Å². The van der Waals surface area contributed by atoms with Crippen molar-refractivity contribution in [2.75, 3.05) is 6.54 Å². The molecule has 3 N–H and O–H groups in total. The lowest BCUT2D eigenvalue weighted by atomic mass is 9.89. The van der Waals surface area contributed by atoms with Crippen LogP contribution in [0.1, 0.15) is 53.7 Å². The fourth-order valence-electron chi connectivity index (χ4n) is 4.07. The molecule has 4 rings (SSSR count). The molecule has 4 nitrogen and oxygen atoms in total. The summed E-state index contributed by atoms with van der Waals surface area (Å²) in [5.74, 6) is 1.50. The highest BCUT2D eigenvalue weighted by atomic mass is 32.1. The summed E-state index contributed by atoms with van der Waals surface area (Å²) in [5.41, 5.74) is 4.02. The Morgan fingerprint density at radius 1 is 1.37 bits per heavy atom. The van der Waals surface area contributed by atoms with Gasteiger partial charge in [-0.05, 0) is 55.7 Å². The summed E-state index contributed by atoms with van der Waals surface area (Å²) in [7, 11) is 0. The molecule has 0 radical (unpaired) electrons. The summed E-state index contributed by atoms with van der Waals surface area (Å²) >= 11 is 1.73. The van der Waals surface area contributed by atoms with Crippen LogP contribution >= 0.6 is 11.3 Å². The van der Waals surface area contributed by atoms with E-state index in [1.165, 1.54) is 28.0 Å². The lowest BCUT2D eigenvalue weighted by molar-refractivity contribution is -0.693. The normalized spacial score (nSPS) is 17.8. The standard InChI is InChI=1S/C22H27N3OS/c1-13-8-9-17-18(12-13)27-22-19(17)21(26)24-20(25-22)15(3)23-11-10-16-7-5-4-6-14(16)2/h4-7,13,15,23H,8-12H2,1-3H3,(H,24,25,26)/p+1/t13-,15-/m0/s1. The lowest BCUT2D eigenvalue weighted by Crippen LogP contribution is -2.85. The van der Waals surface area contributed by atoms with Crippen LogP contribution < -0.4 is 10.9 Å². The van der Waals surface area contributed by atoms with Gasteiger partial charge in [0.2, 0.25) is 0 Å². The van der Waals surface area contributed by atoms with Gasteiger partial charge in [-0.25, -0.2) is 4.98 Å². The first-order chi connectivity index (χ1) is 13.0. The lowest BCUT2D eigenvalue weighted by Gasteiger charge is -2.17. The van der Waals surface area contributed by atoms with Gasteiger partial charge in [-0.3, -0.25) is 4.79 Å². The van der Waals surface area contributed by atoms with Crippen molar-refractivity contribution < 1.29 is 5.32 Å². The minimum absolute atomic E-state index is 0.0428. The van der Waals surface area contributed by atoms with Crippen LogP contribution in [0.15, 0.2) is 29.1 Å². The number of fused-ring (bicyclic) bond motifs is 3.